The molecule has 92 valence electrons. The van der Waals surface area contributed by atoms with Crippen LogP contribution < -0.4 is 0 Å². The average molecular weight is 218 g/mol. The van der Waals surface area contributed by atoms with Crippen LogP contribution in [0.15, 0.2) is 0 Å². The number of hydrogen-bond donors (Lipinski definition) is 0. The Balaban J connectivity index is 3.04. The van der Waals surface area contributed by atoms with Crippen molar-refractivity contribution in [2.45, 2.75) is 51.7 Å². The van der Waals surface area contributed by atoms with Gasteiger partial charge in [-0.3, -0.25) is 0 Å². The highest BCUT2D eigenvalue weighted by molar-refractivity contribution is 4.44. The van der Waals surface area contributed by atoms with Gasteiger partial charge in [-0.25, -0.2) is 0 Å². The van der Waals surface area contributed by atoms with Crippen molar-refractivity contribution in [3.05, 3.63) is 0 Å². The Morgan fingerprint density at radius 3 is 2.07 bits per heavy atom. The van der Waals surface area contributed by atoms with Gasteiger partial charge < -0.3 is 14.2 Å². The quantitative estimate of drug-likeness (QED) is 0.394. The normalized spacial score (nSPS) is 11.2. The minimum atomic E-state index is -0.218. The Kier molecular flexibility index (Phi) is 11.9. The predicted molar refractivity (Wildman–Crippen MR) is 62.0 cm³/mol. The lowest BCUT2D eigenvalue weighted by molar-refractivity contribution is -0.140. The molecule has 0 amide bonds. The van der Waals surface area contributed by atoms with E-state index in [1.165, 1.54) is 32.1 Å². The Bertz CT molecular complexity index is 113. The van der Waals surface area contributed by atoms with Gasteiger partial charge in [-0.1, -0.05) is 39.0 Å². The van der Waals surface area contributed by atoms with Crippen LogP contribution in [0.5, 0.6) is 0 Å². The Morgan fingerprint density at radius 1 is 0.867 bits per heavy atom. The van der Waals surface area contributed by atoms with Crippen molar-refractivity contribution >= 4 is 0 Å². The third-order valence-corrected chi connectivity index (χ3v) is 2.42. The van der Waals surface area contributed by atoms with Crippen molar-refractivity contribution in [3.8, 4) is 0 Å². The molecule has 3 heteroatoms. The maximum Gasteiger partial charge on any atom is 0.180 e. The molecule has 0 fully saturated rings. The number of hydrogen-bond acceptors (Lipinski definition) is 3. The Hall–Kier alpha value is -0.120. The number of methoxy groups -OCH3 is 2. The third kappa shape index (κ3) is 10.2. The van der Waals surface area contributed by atoms with Crippen molar-refractivity contribution in [1.82, 2.24) is 0 Å². The minimum Gasteiger partial charge on any atom is -0.376 e. The molecule has 0 atom stereocenters. The van der Waals surface area contributed by atoms with Crippen LogP contribution in [-0.2, 0) is 14.2 Å². The van der Waals surface area contributed by atoms with E-state index in [1.807, 2.05) is 0 Å². The molecule has 0 N–H and O–H groups in total. The van der Waals surface area contributed by atoms with Crippen LogP contribution in [0.1, 0.15) is 45.4 Å². The summed E-state index contributed by atoms with van der Waals surface area (Å²) in [5, 5.41) is 0. The molecular formula is C12H26O3. The maximum atomic E-state index is 5.43. The lowest BCUT2D eigenvalue weighted by Gasteiger charge is -2.13. The molecular weight excluding hydrogens is 192 g/mol. The smallest absolute Gasteiger partial charge is 0.180 e. The van der Waals surface area contributed by atoms with Crippen LogP contribution in [0.2, 0.25) is 0 Å². The zero-order chi connectivity index (χ0) is 11.4. The second-order valence-electron chi connectivity index (χ2n) is 3.74. The first kappa shape index (κ1) is 14.9. The van der Waals surface area contributed by atoms with Crippen molar-refractivity contribution in [3.63, 3.8) is 0 Å². The van der Waals surface area contributed by atoms with Crippen molar-refractivity contribution < 1.29 is 14.2 Å². The Morgan fingerprint density at radius 2 is 1.47 bits per heavy atom. The van der Waals surface area contributed by atoms with Crippen LogP contribution >= 0.6 is 0 Å². The number of unbranched alkanes of at least 4 members (excludes halogenated alkanes) is 5. The topological polar surface area (TPSA) is 27.7 Å². The summed E-state index contributed by atoms with van der Waals surface area (Å²) >= 11 is 0. The molecule has 3 nitrogen and oxygen atoms in total. The fourth-order valence-electron chi connectivity index (χ4n) is 1.40. The molecule has 0 heterocycles. The zero-order valence-electron chi connectivity index (χ0n) is 10.5. The number of ether oxygens (including phenoxy) is 3. The molecule has 0 aliphatic rings. The minimum absolute atomic E-state index is 0.218. The van der Waals surface area contributed by atoms with E-state index in [-0.39, 0.29) is 6.29 Å². The molecule has 0 aromatic heterocycles. The standard InChI is InChI=1S/C12H26O3/c1-4-5-6-7-8-9-10-15-11-12(13-2)14-3/h12H,4-11H2,1-3H3. The largest absolute Gasteiger partial charge is 0.376 e. The van der Waals surface area contributed by atoms with Gasteiger partial charge in [-0.15, -0.1) is 0 Å². The predicted octanol–water partition coefficient (Wildman–Crippen LogP) is 2.98. The van der Waals surface area contributed by atoms with Crippen LogP contribution in [-0.4, -0.2) is 33.7 Å². The molecule has 0 spiro atoms. The number of rotatable bonds is 11. The van der Waals surface area contributed by atoms with E-state index in [1.54, 1.807) is 14.2 Å². The van der Waals surface area contributed by atoms with Crippen molar-refractivity contribution in [1.29, 1.82) is 0 Å². The molecule has 0 rings (SSSR count). The summed E-state index contributed by atoms with van der Waals surface area (Å²) in [5.74, 6) is 0. The van der Waals surface area contributed by atoms with Crippen LogP contribution in [0.4, 0.5) is 0 Å². The van der Waals surface area contributed by atoms with E-state index < -0.39 is 0 Å². The second kappa shape index (κ2) is 12.0. The fraction of sp³-hybridized carbons (Fsp3) is 1.00. The summed E-state index contributed by atoms with van der Waals surface area (Å²) in [6.07, 6.45) is 7.54. The van der Waals surface area contributed by atoms with Crippen molar-refractivity contribution in [2.75, 3.05) is 27.4 Å². The molecule has 0 radical (unpaired) electrons. The van der Waals surface area contributed by atoms with Gasteiger partial charge in [0.1, 0.15) is 0 Å². The molecule has 0 aromatic carbocycles. The summed E-state index contributed by atoms with van der Waals surface area (Å²) in [6.45, 7) is 3.58. The zero-order valence-corrected chi connectivity index (χ0v) is 10.5. The summed E-state index contributed by atoms with van der Waals surface area (Å²) < 4.78 is 15.5. The lowest BCUT2D eigenvalue weighted by Crippen LogP contribution is -2.20. The fourth-order valence-corrected chi connectivity index (χ4v) is 1.40. The van der Waals surface area contributed by atoms with Gasteiger partial charge in [0.05, 0.1) is 6.61 Å². The van der Waals surface area contributed by atoms with E-state index in [0.717, 1.165) is 13.0 Å². The SMILES string of the molecule is CCCCCCCCOCC(OC)OC. The summed E-state index contributed by atoms with van der Waals surface area (Å²) in [7, 11) is 3.25. The first-order valence-corrected chi connectivity index (χ1v) is 5.98. The van der Waals surface area contributed by atoms with Gasteiger partial charge in [0.25, 0.3) is 0 Å². The molecule has 15 heavy (non-hydrogen) atoms. The maximum absolute atomic E-state index is 5.43. The van der Waals surface area contributed by atoms with E-state index in [0.29, 0.717) is 6.61 Å². The van der Waals surface area contributed by atoms with E-state index in [9.17, 15) is 0 Å². The molecule has 0 unspecified atom stereocenters. The summed E-state index contributed by atoms with van der Waals surface area (Å²) in [4.78, 5) is 0. The molecule has 0 aliphatic carbocycles. The molecule has 0 saturated carbocycles. The van der Waals surface area contributed by atoms with Crippen molar-refractivity contribution in [2.24, 2.45) is 0 Å². The van der Waals surface area contributed by atoms with E-state index in [4.69, 9.17) is 14.2 Å². The van der Waals surface area contributed by atoms with Crippen LogP contribution in [0.25, 0.3) is 0 Å². The third-order valence-electron chi connectivity index (χ3n) is 2.42. The molecule has 0 aromatic rings. The summed E-state index contributed by atoms with van der Waals surface area (Å²) in [5.41, 5.74) is 0. The van der Waals surface area contributed by atoms with Gasteiger partial charge in [0.2, 0.25) is 0 Å². The molecule has 0 saturated heterocycles. The van der Waals surface area contributed by atoms with Gasteiger partial charge in [0, 0.05) is 20.8 Å². The monoisotopic (exact) mass is 218 g/mol. The molecule has 0 bridgehead atoms. The first-order valence-electron chi connectivity index (χ1n) is 5.98. The van der Waals surface area contributed by atoms with Gasteiger partial charge in [-0.05, 0) is 6.42 Å². The average Bonchev–Trinajstić information content (AvgIpc) is 2.27. The lowest BCUT2D eigenvalue weighted by atomic mass is 10.1. The highest BCUT2D eigenvalue weighted by atomic mass is 16.7. The highest BCUT2D eigenvalue weighted by Gasteiger charge is 2.03. The second-order valence-corrected chi connectivity index (χ2v) is 3.74. The van der Waals surface area contributed by atoms with Crippen LogP contribution in [0, 0.1) is 0 Å². The van der Waals surface area contributed by atoms with Gasteiger partial charge in [0.15, 0.2) is 6.29 Å². The molecule has 0 aliphatic heterocycles. The van der Waals surface area contributed by atoms with E-state index in [2.05, 4.69) is 6.92 Å². The highest BCUT2D eigenvalue weighted by Crippen LogP contribution is 2.05. The first-order chi connectivity index (χ1) is 7.35. The van der Waals surface area contributed by atoms with E-state index >= 15 is 0 Å². The summed E-state index contributed by atoms with van der Waals surface area (Å²) in [6, 6.07) is 0. The Labute approximate surface area is 94.1 Å². The van der Waals surface area contributed by atoms with Crippen LogP contribution in [0.3, 0.4) is 0 Å². The van der Waals surface area contributed by atoms with Gasteiger partial charge in [-0.2, -0.15) is 0 Å². The van der Waals surface area contributed by atoms with Gasteiger partial charge >= 0.3 is 0 Å².